The molecule has 1 N–H and O–H groups in total. The normalized spacial score (nSPS) is 13.2. The Morgan fingerprint density at radius 2 is 1.76 bits per heavy atom. The molecule has 0 aliphatic carbocycles. The molecule has 3 nitrogen and oxygen atoms in total. The van der Waals surface area contributed by atoms with Crippen LogP contribution >= 0.6 is 11.6 Å². The van der Waals surface area contributed by atoms with Crippen LogP contribution in [0, 0.1) is 13.8 Å². The van der Waals surface area contributed by atoms with E-state index in [1.165, 1.54) is 5.56 Å². The molecule has 2 rings (SSSR count). The average Bonchev–Trinajstić information content (AvgIpc) is 2.61. The molecule has 0 spiro atoms. The van der Waals surface area contributed by atoms with E-state index in [0.717, 1.165) is 17.5 Å². The van der Waals surface area contributed by atoms with Gasteiger partial charge in [0.2, 0.25) is 0 Å². The van der Waals surface area contributed by atoms with Gasteiger partial charge in [-0.05, 0) is 56.0 Å². The van der Waals surface area contributed by atoms with Crippen LogP contribution < -0.4 is 10.1 Å². The molecule has 25 heavy (non-hydrogen) atoms. The smallest absolute Gasteiger partial charge is 0.261 e. The first kappa shape index (κ1) is 19.3. The molecule has 0 radical (unpaired) electrons. The minimum atomic E-state index is -0.528. The predicted molar refractivity (Wildman–Crippen MR) is 103 cm³/mol. The summed E-state index contributed by atoms with van der Waals surface area (Å²) in [6.45, 7) is 7.98. The maximum absolute atomic E-state index is 12.7. The van der Waals surface area contributed by atoms with Crippen LogP contribution in [0.1, 0.15) is 49.4 Å². The van der Waals surface area contributed by atoms with Crippen molar-refractivity contribution in [1.29, 1.82) is 0 Å². The zero-order valence-electron chi connectivity index (χ0n) is 15.3. The molecule has 0 bridgehead atoms. The minimum Gasteiger partial charge on any atom is -0.481 e. The predicted octanol–water partition coefficient (Wildman–Crippen LogP) is 5.38. The molecule has 134 valence electrons. The van der Waals surface area contributed by atoms with E-state index in [1.54, 1.807) is 12.1 Å². The van der Waals surface area contributed by atoms with Crippen LogP contribution in [0.2, 0.25) is 5.02 Å². The Bertz CT molecular complexity index is 712. The van der Waals surface area contributed by atoms with Crippen LogP contribution in [0.25, 0.3) is 0 Å². The summed E-state index contributed by atoms with van der Waals surface area (Å²) in [4.78, 5) is 12.7. The molecule has 2 atom stereocenters. The van der Waals surface area contributed by atoms with Gasteiger partial charge in [0.1, 0.15) is 5.75 Å². The number of carbonyl (C=O) groups is 1. The van der Waals surface area contributed by atoms with Crippen molar-refractivity contribution in [3.63, 3.8) is 0 Å². The standard InChI is InChI=1S/C21H26ClNO2/c1-5-19(16-9-7-14(3)8-10-16)23-21(24)20(6-2)25-17-11-12-18(22)15(4)13-17/h7-13,19-20H,5-6H2,1-4H3,(H,23,24)/t19-,20+/m1/s1. The highest BCUT2D eigenvalue weighted by atomic mass is 35.5. The van der Waals surface area contributed by atoms with E-state index >= 15 is 0 Å². The summed E-state index contributed by atoms with van der Waals surface area (Å²) in [7, 11) is 0. The second-order valence-corrected chi connectivity index (χ2v) is 6.71. The van der Waals surface area contributed by atoms with Crippen LogP contribution in [0.4, 0.5) is 0 Å². The second kappa shape index (κ2) is 8.91. The number of aryl methyl sites for hydroxylation is 2. The zero-order valence-corrected chi connectivity index (χ0v) is 16.1. The van der Waals surface area contributed by atoms with Gasteiger partial charge in [-0.1, -0.05) is 55.3 Å². The number of benzene rings is 2. The zero-order chi connectivity index (χ0) is 18.4. The van der Waals surface area contributed by atoms with Gasteiger partial charge in [-0.15, -0.1) is 0 Å². The van der Waals surface area contributed by atoms with Crippen molar-refractivity contribution in [3.8, 4) is 5.75 Å². The lowest BCUT2D eigenvalue weighted by Gasteiger charge is -2.22. The number of halogens is 1. The number of ether oxygens (including phenoxy) is 1. The van der Waals surface area contributed by atoms with Crippen LogP contribution in [0.3, 0.4) is 0 Å². The fourth-order valence-corrected chi connectivity index (χ4v) is 2.78. The quantitative estimate of drug-likeness (QED) is 0.720. The molecule has 0 saturated heterocycles. The molecule has 0 aromatic heterocycles. The largest absolute Gasteiger partial charge is 0.481 e. The van der Waals surface area contributed by atoms with Crippen molar-refractivity contribution in [1.82, 2.24) is 5.32 Å². The van der Waals surface area contributed by atoms with Gasteiger partial charge in [0.15, 0.2) is 6.10 Å². The molecule has 2 aromatic carbocycles. The third-order valence-electron chi connectivity index (χ3n) is 4.28. The lowest BCUT2D eigenvalue weighted by Crippen LogP contribution is -2.39. The number of amides is 1. The Morgan fingerprint density at radius 3 is 2.32 bits per heavy atom. The maximum atomic E-state index is 12.7. The van der Waals surface area contributed by atoms with Gasteiger partial charge in [0, 0.05) is 5.02 Å². The average molecular weight is 360 g/mol. The van der Waals surface area contributed by atoms with E-state index in [2.05, 4.69) is 43.4 Å². The van der Waals surface area contributed by atoms with Crippen molar-refractivity contribution in [2.45, 2.75) is 52.7 Å². The first-order valence-electron chi connectivity index (χ1n) is 8.74. The third-order valence-corrected chi connectivity index (χ3v) is 4.70. The molecule has 0 unspecified atom stereocenters. The summed E-state index contributed by atoms with van der Waals surface area (Å²) in [5.74, 6) is 0.565. The van der Waals surface area contributed by atoms with E-state index in [4.69, 9.17) is 16.3 Å². The van der Waals surface area contributed by atoms with Crippen molar-refractivity contribution in [2.75, 3.05) is 0 Å². The Balaban J connectivity index is 2.07. The van der Waals surface area contributed by atoms with Crippen molar-refractivity contribution in [2.24, 2.45) is 0 Å². The summed E-state index contributed by atoms with van der Waals surface area (Å²) in [5.41, 5.74) is 3.25. The molecule has 2 aromatic rings. The molecule has 0 saturated carbocycles. The van der Waals surface area contributed by atoms with Crippen LogP contribution in [0.15, 0.2) is 42.5 Å². The van der Waals surface area contributed by atoms with E-state index in [-0.39, 0.29) is 11.9 Å². The maximum Gasteiger partial charge on any atom is 0.261 e. The van der Waals surface area contributed by atoms with Gasteiger partial charge in [-0.25, -0.2) is 0 Å². The number of hydrogen-bond acceptors (Lipinski definition) is 2. The monoisotopic (exact) mass is 359 g/mol. The molecule has 0 fully saturated rings. The van der Waals surface area contributed by atoms with Gasteiger partial charge in [0.25, 0.3) is 5.91 Å². The molecule has 0 aliphatic rings. The van der Waals surface area contributed by atoms with Gasteiger partial charge >= 0.3 is 0 Å². The second-order valence-electron chi connectivity index (χ2n) is 6.31. The molecular weight excluding hydrogens is 334 g/mol. The third kappa shape index (κ3) is 5.23. The summed E-state index contributed by atoms with van der Waals surface area (Å²) in [6.07, 6.45) is 0.892. The molecular formula is C21H26ClNO2. The fraction of sp³-hybridized carbons (Fsp3) is 0.381. The van der Waals surface area contributed by atoms with Gasteiger partial charge in [0.05, 0.1) is 6.04 Å². The summed E-state index contributed by atoms with van der Waals surface area (Å²) in [5, 5.41) is 3.80. The van der Waals surface area contributed by atoms with E-state index in [9.17, 15) is 4.79 Å². The highest BCUT2D eigenvalue weighted by Gasteiger charge is 2.22. The topological polar surface area (TPSA) is 38.3 Å². The number of hydrogen-bond donors (Lipinski definition) is 1. The lowest BCUT2D eigenvalue weighted by molar-refractivity contribution is -0.128. The summed E-state index contributed by atoms with van der Waals surface area (Å²) < 4.78 is 5.89. The minimum absolute atomic E-state index is 0.0160. The van der Waals surface area contributed by atoms with Gasteiger partial charge < -0.3 is 10.1 Å². The SMILES string of the molecule is CC[C@H](Oc1ccc(Cl)c(C)c1)C(=O)N[C@H](CC)c1ccc(C)cc1. The van der Waals surface area contributed by atoms with Crippen LogP contribution in [-0.4, -0.2) is 12.0 Å². The lowest BCUT2D eigenvalue weighted by atomic mass is 10.0. The first-order valence-corrected chi connectivity index (χ1v) is 9.12. The molecule has 0 heterocycles. The first-order chi connectivity index (χ1) is 11.9. The van der Waals surface area contributed by atoms with E-state index < -0.39 is 6.10 Å². The summed E-state index contributed by atoms with van der Waals surface area (Å²) >= 11 is 6.05. The molecule has 0 aliphatic heterocycles. The summed E-state index contributed by atoms with van der Waals surface area (Å²) in [6, 6.07) is 13.7. The Kier molecular flexibility index (Phi) is 6.89. The highest BCUT2D eigenvalue weighted by molar-refractivity contribution is 6.31. The number of rotatable bonds is 7. The van der Waals surface area contributed by atoms with Crippen LogP contribution in [-0.2, 0) is 4.79 Å². The Hall–Kier alpha value is -2.00. The number of nitrogens with one attached hydrogen (secondary N) is 1. The number of carbonyl (C=O) groups excluding carboxylic acids is 1. The van der Waals surface area contributed by atoms with Gasteiger partial charge in [-0.3, -0.25) is 4.79 Å². The van der Waals surface area contributed by atoms with Crippen molar-refractivity contribution in [3.05, 3.63) is 64.2 Å². The molecule has 1 amide bonds. The fourth-order valence-electron chi connectivity index (χ4n) is 2.66. The van der Waals surface area contributed by atoms with E-state index in [1.807, 2.05) is 19.9 Å². The van der Waals surface area contributed by atoms with Crippen molar-refractivity contribution < 1.29 is 9.53 Å². The molecule has 4 heteroatoms. The Labute approximate surface area is 155 Å². The van der Waals surface area contributed by atoms with Gasteiger partial charge in [-0.2, -0.15) is 0 Å². The Morgan fingerprint density at radius 1 is 1.08 bits per heavy atom. The van der Waals surface area contributed by atoms with E-state index in [0.29, 0.717) is 17.2 Å². The highest BCUT2D eigenvalue weighted by Crippen LogP contribution is 2.23. The van der Waals surface area contributed by atoms with Crippen molar-refractivity contribution >= 4 is 17.5 Å². The van der Waals surface area contributed by atoms with Crippen LogP contribution in [0.5, 0.6) is 5.75 Å².